The molecule has 154 valence electrons. The maximum absolute atomic E-state index is 13.1. The summed E-state index contributed by atoms with van der Waals surface area (Å²) in [5.41, 5.74) is 0.0951. The Balaban J connectivity index is 1.81. The Morgan fingerprint density at radius 1 is 1.07 bits per heavy atom. The zero-order valence-corrected chi connectivity index (χ0v) is 17.4. The first-order valence-corrected chi connectivity index (χ1v) is 10.0. The molecule has 0 saturated carbocycles. The molecule has 0 aliphatic rings. The van der Waals surface area contributed by atoms with Crippen molar-refractivity contribution in [1.29, 1.82) is 0 Å². The summed E-state index contributed by atoms with van der Waals surface area (Å²) >= 11 is 11.9. The molecule has 30 heavy (non-hydrogen) atoms. The van der Waals surface area contributed by atoms with E-state index in [1.165, 1.54) is 8.97 Å². The minimum absolute atomic E-state index is 0.168. The molecule has 10 heteroatoms. The van der Waals surface area contributed by atoms with Gasteiger partial charge in [-0.05, 0) is 48.9 Å². The molecular formula is C20H17Cl2N5O3. The number of amides is 1. The zero-order chi connectivity index (χ0) is 21.4. The van der Waals surface area contributed by atoms with Crippen molar-refractivity contribution >= 4 is 51.5 Å². The maximum atomic E-state index is 13.1. The number of aryl methyl sites for hydroxylation is 1. The number of hydrogen-bond acceptors (Lipinski definition) is 4. The van der Waals surface area contributed by atoms with E-state index in [9.17, 15) is 14.4 Å². The minimum atomic E-state index is -0.534. The van der Waals surface area contributed by atoms with Crippen LogP contribution in [0.3, 0.4) is 0 Å². The highest BCUT2D eigenvalue weighted by atomic mass is 35.5. The van der Waals surface area contributed by atoms with Gasteiger partial charge in [-0.3, -0.25) is 14.2 Å². The molecule has 1 N–H and O–H groups in total. The van der Waals surface area contributed by atoms with Crippen molar-refractivity contribution in [1.82, 2.24) is 18.7 Å². The second-order valence-corrected chi connectivity index (χ2v) is 7.62. The van der Waals surface area contributed by atoms with E-state index in [0.29, 0.717) is 39.6 Å². The van der Waals surface area contributed by atoms with E-state index in [1.807, 2.05) is 6.92 Å². The molecule has 8 nitrogen and oxygen atoms in total. The number of aromatic nitrogens is 4. The van der Waals surface area contributed by atoms with Crippen molar-refractivity contribution in [3.05, 3.63) is 73.3 Å². The lowest BCUT2D eigenvalue weighted by molar-refractivity contribution is -0.117. The van der Waals surface area contributed by atoms with Crippen LogP contribution in [-0.4, -0.2) is 24.7 Å². The number of halogens is 2. The van der Waals surface area contributed by atoms with Gasteiger partial charge in [-0.15, -0.1) is 5.10 Å². The number of nitrogens with one attached hydrogen (secondary N) is 1. The minimum Gasteiger partial charge on any atom is -0.324 e. The molecule has 0 fully saturated rings. The van der Waals surface area contributed by atoms with Gasteiger partial charge < -0.3 is 5.32 Å². The van der Waals surface area contributed by atoms with Crippen LogP contribution in [0.4, 0.5) is 5.69 Å². The molecule has 4 rings (SSSR count). The second kappa shape index (κ2) is 7.97. The lowest BCUT2D eigenvalue weighted by atomic mass is 10.2. The number of hydrogen-bond donors (Lipinski definition) is 1. The first-order chi connectivity index (χ1) is 14.4. The van der Waals surface area contributed by atoms with Crippen molar-refractivity contribution < 1.29 is 4.79 Å². The van der Waals surface area contributed by atoms with Crippen LogP contribution in [0.5, 0.6) is 0 Å². The highest BCUT2D eigenvalue weighted by molar-refractivity contribution is 6.31. The van der Waals surface area contributed by atoms with Gasteiger partial charge >= 0.3 is 5.69 Å². The molecule has 0 spiro atoms. The first-order valence-electron chi connectivity index (χ1n) is 9.26. The summed E-state index contributed by atoms with van der Waals surface area (Å²) in [7, 11) is 0. The van der Waals surface area contributed by atoms with E-state index in [2.05, 4.69) is 10.4 Å². The Hall–Kier alpha value is -3.10. The average molecular weight is 446 g/mol. The Labute approximate surface area is 180 Å². The van der Waals surface area contributed by atoms with Gasteiger partial charge in [0.05, 0.1) is 10.9 Å². The summed E-state index contributed by atoms with van der Waals surface area (Å²) in [5.74, 6) is -0.268. The Bertz CT molecular complexity index is 1390. The van der Waals surface area contributed by atoms with Gasteiger partial charge in [0, 0.05) is 22.3 Å². The number of rotatable bonds is 5. The molecule has 0 radical (unpaired) electrons. The number of fused-ring (bicyclic) bond motifs is 3. The summed E-state index contributed by atoms with van der Waals surface area (Å²) in [4.78, 5) is 38.4. The lowest BCUT2D eigenvalue weighted by Crippen LogP contribution is -2.29. The van der Waals surface area contributed by atoms with Gasteiger partial charge in [-0.1, -0.05) is 30.1 Å². The fourth-order valence-electron chi connectivity index (χ4n) is 3.29. The average Bonchev–Trinajstić information content (AvgIpc) is 3.03. The lowest BCUT2D eigenvalue weighted by Gasteiger charge is -2.08. The first kappa shape index (κ1) is 20.2. The van der Waals surface area contributed by atoms with E-state index < -0.39 is 11.6 Å². The largest absolute Gasteiger partial charge is 0.352 e. The molecule has 0 saturated heterocycles. The third kappa shape index (κ3) is 3.59. The normalized spacial score (nSPS) is 11.3. The number of carbonyl (C=O) groups excluding carboxylic acids is 1. The molecule has 2 heterocycles. The van der Waals surface area contributed by atoms with E-state index in [-0.39, 0.29) is 17.9 Å². The highest BCUT2D eigenvalue weighted by Crippen LogP contribution is 2.17. The molecule has 0 atom stereocenters. The fraction of sp³-hybridized carbons (Fsp3) is 0.200. The Kier molecular flexibility index (Phi) is 5.36. The van der Waals surface area contributed by atoms with Crippen molar-refractivity contribution in [3.63, 3.8) is 0 Å². The van der Waals surface area contributed by atoms with Crippen LogP contribution in [0.2, 0.25) is 10.0 Å². The third-order valence-electron chi connectivity index (χ3n) is 4.61. The Morgan fingerprint density at radius 2 is 1.77 bits per heavy atom. The summed E-state index contributed by atoms with van der Waals surface area (Å²) in [5, 5.41) is 8.25. The van der Waals surface area contributed by atoms with Crippen molar-refractivity contribution in [2.75, 3.05) is 5.32 Å². The summed E-state index contributed by atoms with van der Waals surface area (Å²) in [6, 6.07) is 11.3. The molecule has 0 aliphatic carbocycles. The Morgan fingerprint density at radius 3 is 2.47 bits per heavy atom. The molecule has 2 aromatic heterocycles. The SMILES string of the molecule is CCCn1c(=O)c2ccc(Cl)cc2n2c(=O)n(CC(=O)Nc3ccc(Cl)cc3)nc12. The monoisotopic (exact) mass is 445 g/mol. The van der Waals surface area contributed by atoms with Gasteiger partial charge in [0.1, 0.15) is 6.54 Å². The third-order valence-corrected chi connectivity index (χ3v) is 5.10. The van der Waals surface area contributed by atoms with E-state index >= 15 is 0 Å². The molecule has 0 bridgehead atoms. The van der Waals surface area contributed by atoms with Crippen molar-refractivity contribution in [3.8, 4) is 0 Å². The summed E-state index contributed by atoms with van der Waals surface area (Å²) < 4.78 is 3.78. The standard InChI is InChI=1S/C20H17Cl2N5O3/c1-2-9-25-18(29)15-8-5-13(22)10-16(15)27-19(25)24-26(20(27)30)11-17(28)23-14-6-3-12(21)4-7-14/h3-8,10H,2,9,11H2,1H3,(H,23,28). The number of nitrogens with zero attached hydrogens (tertiary/aromatic N) is 4. The van der Waals surface area contributed by atoms with Gasteiger partial charge in [-0.25, -0.2) is 13.9 Å². The van der Waals surface area contributed by atoms with Crippen molar-refractivity contribution in [2.24, 2.45) is 0 Å². The van der Waals surface area contributed by atoms with Gasteiger partial charge in [-0.2, -0.15) is 0 Å². The van der Waals surface area contributed by atoms with Crippen LogP contribution in [0.1, 0.15) is 13.3 Å². The van der Waals surface area contributed by atoms with Crippen LogP contribution in [0.15, 0.2) is 52.1 Å². The van der Waals surface area contributed by atoms with Gasteiger partial charge in [0.15, 0.2) is 0 Å². The van der Waals surface area contributed by atoms with Crippen LogP contribution >= 0.6 is 23.2 Å². The van der Waals surface area contributed by atoms with Gasteiger partial charge in [0.2, 0.25) is 11.7 Å². The van der Waals surface area contributed by atoms with Crippen LogP contribution < -0.4 is 16.6 Å². The quantitative estimate of drug-likeness (QED) is 0.510. The second-order valence-electron chi connectivity index (χ2n) is 6.75. The zero-order valence-electron chi connectivity index (χ0n) is 15.9. The number of carbonyl (C=O) groups is 1. The van der Waals surface area contributed by atoms with Crippen LogP contribution in [-0.2, 0) is 17.9 Å². The predicted octanol–water partition coefficient (Wildman–Crippen LogP) is 3.17. The molecule has 0 aliphatic heterocycles. The molecule has 1 amide bonds. The summed E-state index contributed by atoms with van der Waals surface area (Å²) in [6.07, 6.45) is 0.673. The number of anilines is 1. The molecule has 0 unspecified atom stereocenters. The van der Waals surface area contributed by atoms with Gasteiger partial charge in [0.25, 0.3) is 5.56 Å². The van der Waals surface area contributed by atoms with E-state index in [1.54, 1.807) is 42.5 Å². The number of benzene rings is 2. The summed E-state index contributed by atoms with van der Waals surface area (Å²) in [6.45, 7) is 1.99. The fourth-order valence-corrected chi connectivity index (χ4v) is 3.58. The molecule has 4 aromatic rings. The smallest absolute Gasteiger partial charge is 0.324 e. The molecular weight excluding hydrogens is 429 g/mol. The van der Waals surface area contributed by atoms with E-state index in [0.717, 1.165) is 4.68 Å². The van der Waals surface area contributed by atoms with Crippen molar-refractivity contribution in [2.45, 2.75) is 26.4 Å². The predicted molar refractivity (Wildman–Crippen MR) is 117 cm³/mol. The maximum Gasteiger partial charge on any atom is 0.352 e. The van der Waals surface area contributed by atoms with Crippen LogP contribution in [0.25, 0.3) is 16.7 Å². The molecule has 2 aromatic carbocycles. The highest BCUT2D eigenvalue weighted by Gasteiger charge is 2.18. The van der Waals surface area contributed by atoms with E-state index in [4.69, 9.17) is 23.2 Å². The topological polar surface area (TPSA) is 90.4 Å². The van der Waals surface area contributed by atoms with Crippen LogP contribution in [0, 0.1) is 0 Å².